The maximum atomic E-state index is 13.7. The zero-order chi connectivity index (χ0) is 13.3. The number of nitrogens with zero attached hydrogens (tertiary/aromatic N) is 1. The Morgan fingerprint density at radius 3 is 2.94 bits per heavy atom. The fourth-order valence-corrected chi connectivity index (χ4v) is 3.05. The fourth-order valence-electron chi connectivity index (χ4n) is 1.61. The Hall–Kier alpha value is -0.820. The SMILES string of the molecule is Cc1nc(-c2cc(Br)ccc2F)sc1C(N)CO. The van der Waals surface area contributed by atoms with Gasteiger partial charge in [0.15, 0.2) is 0 Å². The third-order valence-corrected chi connectivity index (χ3v) is 4.34. The highest BCUT2D eigenvalue weighted by Crippen LogP contribution is 2.33. The molecule has 0 fully saturated rings. The topological polar surface area (TPSA) is 59.1 Å². The van der Waals surface area contributed by atoms with Gasteiger partial charge in [-0.2, -0.15) is 0 Å². The van der Waals surface area contributed by atoms with E-state index in [4.69, 9.17) is 10.8 Å². The van der Waals surface area contributed by atoms with Crippen molar-refractivity contribution in [3.05, 3.63) is 39.1 Å². The molecule has 2 rings (SSSR count). The lowest BCUT2D eigenvalue weighted by Crippen LogP contribution is -2.13. The van der Waals surface area contributed by atoms with E-state index in [9.17, 15) is 4.39 Å². The molecule has 0 spiro atoms. The van der Waals surface area contributed by atoms with Gasteiger partial charge in [0, 0.05) is 14.9 Å². The summed E-state index contributed by atoms with van der Waals surface area (Å²) >= 11 is 4.62. The number of aryl methyl sites for hydroxylation is 1. The first-order chi connectivity index (χ1) is 8.52. The van der Waals surface area contributed by atoms with Crippen molar-refractivity contribution < 1.29 is 9.50 Å². The van der Waals surface area contributed by atoms with Crippen molar-refractivity contribution in [2.75, 3.05) is 6.61 Å². The predicted molar refractivity (Wildman–Crippen MR) is 74.0 cm³/mol. The zero-order valence-electron chi connectivity index (χ0n) is 9.65. The van der Waals surface area contributed by atoms with Crippen molar-refractivity contribution in [3.8, 4) is 10.6 Å². The van der Waals surface area contributed by atoms with Crippen molar-refractivity contribution >= 4 is 27.3 Å². The van der Waals surface area contributed by atoms with Crippen molar-refractivity contribution in [1.82, 2.24) is 4.98 Å². The lowest BCUT2D eigenvalue weighted by atomic mass is 10.2. The Balaban J connectivity index is 2.49. The predicted octanol–water partition coefficient (Wildman–Crippen LogP) is 3.01. The van der Waals surface area contributed by atoms with Crippen LogP contribution < -0.4 is 5.73 Å². The lowest BCUT2D eigenvalue weighted by Gasteiger charge is -2.04. The number of thiazole rings is 1. The van der Waals surface area contributed by atoms with Crippen LogP contribution in [0.15, 0.2) is 22.7 Å². The minimum absolute atomic E-state index is 0.149. The van der Waals surface area contributed by atoms with E-state index in [-0.39, 0.29) is 12.4 Å². The first-order valence-corrected chi connectivity index (χ1v) is 6.93. The molecule has 0 bridgehead atoms. The lowest BCUT2D eigenvalue weighted by molar-refractivity contribution is 0.269. The zero-order valence-corrected chi connectivity index (χ0v) is 12.1. The third kappa shape index (κ3) is 2.61. The Labute approximate surface area is 117 Å². The van der Waals surface area contributed by atoms with Crippen molar-refractivity contribution in [2.24, 2.45) is 5.73 Å². The summed E-state index contributed by atoms with van der Waals surface area (Å²) in [6.45, 7) is 1.66. The van der Waals surface area contributed by atoms with Gasteiger partial charge in [-0.3, -0.25) is 0 Å². The molecule has 18 heavy (non-hydrogen) atoms. The normalized spacial score (nSPS) is 12.7. The highest BCUT2D eigenvalue weighted by atomic mass is 79.9. The Bertz CT molecular complexity index is 573. The maximum absolute atomic E-state index is 13.7. The molecule has 1 heterocycles. The van der Waals surface area contributed by atoms with Crippen LogP contribution in [0.5, 0.6) is 0 Å². The number of rotatable bonds is 3. The molecule has 2 aromatic rings. The van der Waals surface area contributed by atoms with Crippen LogP contribution in [0.4, 0.5) is 4.39 Å². The largest absolute Gasteiger partial charge is 0.394 e. The molecule has 3 nitrogen and oxygen atoms in total. The second-order valence-electron chi connectivity index (χ2n) is 3.88. The first kappa shape index (κ1) is 13.6. The first-order valence-electron chi connectivity index (χ1n) is 5.32. The quantitative estimate of drug-likeness (QED) is 0.909. The standard InChI is InChI=1S/C12H12BrFN2OS/c1-6-11(10(15)5-17)18-12(16-6)8-4-7(13)2-3-9(8)14/h2-4,10,17H,5,15H2,1H3. The molecule has 96 valence electrons. The van der Waals surface area contributed by atoms with E-state index in [0.717, 1.165) is 15.0 Å². The van der Waals surface area contributed by atoms with Crippen molar-refractivity contribution in [1.29, 1.82) is 0 Å². The number of aliphatic hydroxyl groups excluding tert-OH is 1. The van der Waals surface area contributed by atoms with E-state index >= 15 is 0 Å². The second kappa shape index (κ2) is 5.44. The van der Waals surface area contributed by atoms with Gasteiger partial charge >= 0.3 is 0 Å². The van der Waals surface area contributed by atoms with Crippen LogP contribution in [0.25, 0.3) is 10.6 Å². The summed E-state index contributed by atoms with van der Waals surface area (Å²) < 4.78 is 14.5. The molecule has 0 saturated carbocycles. The molecule has 6 heteroatoms. The van der Waals surface area contributed by atoms with Crippen LogP contribution in [0.3, 0.4) is 0 Å². The van der Waals surface area contributed by atoms with Crippen molar-refractivity contribution in [2.45, 2.75) is 13.0 Å². The minimum atomic E-state index is -0.466. The van der Waals surface area contributed by atoms with Crippen LogP contribution in [-0.2, 0) is 0 Å². The molecule has 0 aliphatic heterocycles. The van der Waals surface area contributed by atoms with Crippen LogP contribution in [0.2, 0.25) is 0 Å². The number of benzene rings is 1. The highest BCUT2D eigenvalue weighted by Gasteiger charge is 2.17. The fraction of sp³-hybridized carbons (Fsp3) is 0.250. The van der Waals surface area contributed by atoms with E-state index in [2.05, 4.69) is 20.9 Å². The summed E-state index contributed by atoms with van der Waals surface area (Å²) in [5, 5.41) is 9.64. The summed E-state index contributed by atoms with van der Waals surface area (Å²) in [6, 6.07) is 4.25. The number of hydrogen-bond acceptors (Lipinski definition) is 4. The average Bonchev–Trinajstić information content (AvgIpc) is 2.73. The van der Waals surface area contributed by atoms with E-state index < -0.39 is 6.04 Å². The smallest absolute Gasteiger partial charge is 0.133 e. The number of aliphatic hydroxyl groups is 1. The van der Waals surface area contributed by atoms with Crippen LogP contribution in [0.1, 0.15) is 16.6 Å². The third-order valence-electron chi connectivity index (χ3n) is 2.52. The number of halogens is 2. The molecule has 1 unspecified atom stereocenters. The van der Waals surface area contributed by atoms with Gasteiger partial charge in [0.25, 0.3) is 0 Å². The minimum Gasteiger partial charge on any atom is -0.394 e. The second-order valence-corrected chi connectivity index (χ2v) is 5.83. The van der Waals surface area contributed by atoms with Crippen LogP contribution in [0, 0.1) is 12.7 Å². The molecule has 0 amide bonds. The maximum Gasteiger partial charge on any atom is 0.133 e. The summed E-state index contributed by atoms with van der Waals surface area (Å²) in [5.41, 5.74) is 6.94. The molecule has 0 aliphatic carbocycles. The van der Waals surface area contributed by atoms with Gasteiger partial charge < -0.3 is 10.8 Å². The number of nitrogens with two attached hydrogens (primary N) is 1. The highest BCUT2D eigenvalue weighted by molar-refractivity contribution is 9.10. The number of hydrogen-bond donors (Lipinski definition) is 2. The Morgan fingerprint density at radius 1 is 1.56 bits per heavy atom. The molecule has 0 saturated heterocycles. The van der Waals surface area contributed by atoms with Gasteiger partial charge in [-0.15, -0.1) is 11.3 Å². The van der Waals surface area contributed by atoms with Gasteiger partial charge in [0.2, 0.25) is 0 Å². The summed E-state index contributed by atoms with van der Waals surface area (Å²) in [7, 11) is 0. The Morgan fingerprint density at radius 2 is 2.28 bits per heavy atom. The van der Waals surface area contributed by atoms with Crippen LogP contribution >= 0.6 is 27.3 Å². The van der Waals surface area contributed by atoms with Gasteiger partial charge in [0.05, 0.1) is 18.3 Å². The summed E-state index contributed by atoms with van der Waals surface area (Å²) in [5.74, 6) is -0.323. The van der Waals surface area contributed by atoms with Gasteiger partial charge in [-0.1, -0.05) is 15.9 Å². The molecule has 0 aliphatic rings. The average molecular weight is 331 g/mol. The molecule has 1 aromatic heterocycles. The van der Waals surface area contributed by atoms with E-state index in [0.29, 0.717) is 10.6 Å². The van der Waals surface area contributed by atoms with Gasteiger partial charge in [-0.05, 0) is 25.1 Å². The van der Waals surface area contributed by atoms with Gasteiger partial charge in [0.1, 0.15) is 10.8 Å². The molecule has 1 atom stereocenters. The Kier molecular flexibility index (Phi) is 4.11. The molecule has 1 aromatic carbocycles. The van der Waals surface area contributed by atoms with Crippen LogP contribution in [-0.4, -0.2) is 16.7 Å². The van der Waals surface area contributed by atoms with E-state index in [1.165, 1.54) is 17.4 Å². The van der Waals surface area contributed by atoms with E-state index in [1.54, 1.807) is 19.1 Å². The monoisotopic (exact) mass is 330 g/mol. The molecule has 0 radical (unpaired) electrons. The summed E-state index contributed by atoms with van der Waals surface area (Å²) in [4.78, 5) is 5.10. The molecule has 3 N–H and O–H groups in total. The summed E-state index contributed by atoms with van der Waals surface area (Å²) in [6.07, 6.45) is 0. The molecular formula is C12H12BrFN2OS. The van der Waals surface area contributed by atoms with Gasteiger partial charge in [-0.25, -0.2) is 9.37 Å². The number of aromatic nitrogens is 1. The van der Waals surface area contributed by atoms with Crippen molar-refractivity contribution in [3.63, 3.8) is 0 Å². The van der Waals surface area contributed by atoms with E-state index in [1.807, 2.05) is 0 Å². The molecular weight excluding hydrogens is 319 g/mol.